The van der Waals surface area contributed by atoms with E-state index < -0.39 is 0 Å². The summed E-state index contributed by atoms with van der Waals surface area (Å²) in [4.78, 5) is 4.25. The maximum absolute atomic E-state index is 5.67. The summed E-state index contributed by atoms with van der Waals surface area (Å²) in [6.07, 6.45) is 5.61. The van der Waals surface area contributed by atoms with Crippen molar-refractivity contribution >= 4 is 5.96 Å². The number of aromatic nitrogens is 3. The van der Waals surface area contributed by atoms with Crippen molar-refractivity contribution in [2.75, 3.05) is 26.7 Å². The van der Waals surface area contributed by atoms with Crippen molar-refractivity contribution in [2.24, 2.45) is 4.99 Å². The number of nitrogens with one attached hydrogen (secondary N) is 2. The standard InChI is InChI=1S/C19H28N6O/c1-20-19(22-13-15-26-16-8-4-2-5-9-16)21-12-11-18-24-23-17-10-6-3-7-14-25(17)18/h2,4-5,8-9H,3,6-7,10-15H2,1H3,(H2,20,21,22). The van der Waals surface area contributed by atoms with Crippen LogP contribution in [0.2, 0.25) is 0 Å². The molecule has 0 atom stereocenters. The smallest absolute Gasteiger partial charge is 0.191 e. The summed E-state index contributed by atoms with van der Waals surface area (Å²) in [5, 5.41) is 15.3. The van der Waals surface area contributed by atoms with Gasteiger partial charge in [0.1, 0.15) is 24.0 Å². The first kappa shape index (κ1) is 18.2. The molecule has 2 N–H and O–H groups in total. The second-order valence-corrected chi connectivity index (χ2v) is 6.33. The highest BCUT2D eigenvalue weighted by molar-refractivity contribution is 5.79. The summed E-state index contributed by atoms with van der Waals surface area (Å²) in [7, 11) is 1.77. The maximum Gasteiger partial charge on any atom is 0.191 e. The van der Waals surface area contributed by atoms with Gasteiger partial charge in [-0.25, -0.2) is 0 Å². The zero-order valence-corrected chi connectivity index (χ0v) is 15.4. The lowest BCUT2D eigenvalue weighted by Gasteiger charge is -2.13. The van der Waals surface area contributed by atoms with Crippen molar-refractivity contribution in [3.05, 3.63) is 42.0 Å². The van der Waals surface area contributed by atoms with Crippen LogP contribution in [0, 0.1) is 0 Å². The molecule has 0 fully saturated rings. The van der Waals surface area contributed by atoms with Gasteiger partial charge in [-0.05, 0) is 25.0 Å². The third-order valence-corrected chi connectivity index (χ3v) is 4.46. The molecule has 0 aliphatic carbocycles. The minimum atomic E-state index is 0.586. The van der Waals surface area contributed by atoms with Crippen LogP contribution >= 0.6 is 0 Å². The molecule has 2 aromatic rings. The minimum Gasteiger partial charge on any atom is -0.492 e. The number of ether oxygens (including phenoxy) is 1. The highest BCUT2D eigenvalue weighted by Gasteiger charge is 2.14. The SMILES string of the molecule is CN=C(NCCOc1ccccc1)NCCc1nnc2n1CCCCC2. The van der Waals surface area contributed by atoms with Gasteiger partial charge in [-0.1, -0.05) is 24.6 Å². The van der Waals surface area contributed by atoms with Crippen molar-refractivity contribution in [3.8, 4) is 5.75 Å². The second kappa shape index (κ2) is 9.79. The fourth-order valence-corrected chi connectivity index (χ4v) is 3.10. The predicted molar refractivity (Wildman–Crippen MR) is 103 cm³/mol. The first-order valence-corrected chi connectivity index (χ1v) is 9.40. The van der Waals surface area contributed by atoms with E-state index >= 15 is 0 Å². The molecular weight excluding hydrogens is 328 g/mol. The molecular formula is C19H28N6O. The van der Waals surface area contributed by atoms with Gasteiger partial charge in [-0.3, -0.25) is 4.99 Å². The molecule has 2 heterocycles. The van der Waals surface area contributed by atoms with E-state index in [1.54, 1.807) is 7.05 Å². The van der Waals surface area contributed by atoms with Crippen molar-refractivity contribution in [1.82, 2.24) is 25.4 Å². The minimum absolute atomic E-state index is 0.586. The molecule has 0 radical (unpaired) electrons. The summed E-state index contributed by atoms with van der Waals surface area (Å²) < 4.78 is 7.96. The number of aliphatic imine (C=N–C) groups is 1. The van der Waals surface area contributed by atoms with Gasteiger partial charge in [0, 0.05) is 33.0 Å². The van der Waals surface area contributed by atoms with Gasteiger partial charge in [0.2, 0.25) is 0 Å². The van der Waals surface area contributed by atoms with E-state index in [2.05, 4.69) is 30.4 Å². The fourth-order valence-electron chi connectivity index (χ4n) is 3.10. The third kappa shape index (κ3) is 5.21. The summed E-state index contributed by atoms with van der Waals surface area (Å²) in [5.41, 5.74) is 0. The lowest BCUT2D eigenvalue weighted by molar-refractivity contribution is 0.322. The largest absolute Gasteiger partial charge is 0.492 e. The van der Waals surface area contributed by atoms with Crippen LogP contribution in [-0.4, -0.2) is 47.5 Å². The van der Waals surface area contributed by atoms with Crippen LogP contribution in [0.4, 0.5) is 0 Å². The Bertz CT molecular complexity index is 697. The van der Waals surface area contributed by atoms with Crippen molar-refractivity contribution < 1.29 is 4.74 Å². The van der Waals surface area contributed by atoms with E-state index in [1.165, 1.54) is 19.3 Å². The lowest BCUT2D eigenvalue weighted by Crippen LogP contribution is -2.40. The molecule has 1 aromatic heterocycles. The number of guanidine groups is 1. The van der Waals surface area contributed by atoms with Crippen molar-refractivity contribution in [1.29, 1.82) is 0 Å². The summed E-state index contributed by atoms with van der Waals surface area (Å²) in [5.74, 6) is 3.86. The monoisotopic (exact) mass is 356 g/mol. The van der Waals surface area contributed by atoms with Gasteiger partial charge in [0.15, 0.2) is 5.96 Å². The van der Waals surface area contributed by atoms with E-state index in [9.17, 15) is 0 Å². The van der Waals surface area contributed by atoms with Gasteiger partial charge >= 0.3 is 0 Å². The Morgan fingerprint density at radius 3 is 2.81 bits per heavy atom. The van der Waals surface area contributed by atoms with Crippen molar-refractivity contribution in [2.45, 2.75) is 38.6 Å². The fraction of sp³-hybridized carbons (Fsp3) is 0.526. The van der Waals surface area contributed by atoms with Crippen LogP contribution in [0.15, 0.2) is 35.3 Å². The molecule has 26 heavy (non-hydrogen) atoms. The van der Waals surface area contributed by atoms with Gasteiger partial charge in [0.25, 0.3) is 0 Å². The molecule has 7 heteroatoms. The Morgan fingerprint density at radius 1 is 1.12 bits per heavy atom. The zero-order chi connectivity index (χ0) is 18.0. The number of fused-ring (bicyclic) bond motifs is 1. The van der Waals surface area contributed by atoms with Gasteiger partial charge in [-0.2, -0.15) is 0 Å². The zero-order valence-electron chi connectivity index (χ0n) is 15.4. The highest BCUT2D eigenvalue weighted by atomic mass is 16.5. The van der Waals surface area contributed by atoms with Crippen LogP contribution in [0.5, 0.6) is 5.75 Å². The van der Waals surface area contributed by atoms with Gasteiger partial charge in [-0.15, -0.1) is 10.2 Å². The molecule has 3 rings (SSSR count). The normalized spacial score (nSPS) is 14.4. The van der Waals surface area contributed by atoms with Crippen LogP contribution in [0.3, 0.4) is 0 Å². The Kier molecular flexibility index (Phi) is 6.87. The topological polar surface area (TPSA) is 76.4 Å². The molecule has 7 nitrogen and oxygen atoms in total. The molecule has 0 spiro atoms. The number of aryl methyl sites for hydroxylation is 1. The number of hydrogen-bond donors (Lipinski definition) is 2. The Balaban J connectivity index is 1.37. The van der Waals surface area contributed by atoms with E-state index in [-0.39, 0.29) is 0 Å². The van der Waals surface area contributed by atoms with Crippen molar-refractivity contribution in [3.63, 3.8) is 0 Å². The molecule has 1 aliphatic rings. The quantitative estimate of drug-likeness (QED) is 0.449. The van der Waals surface area contributed by atoms with E-state index in [1.807, 2.05) is 30.3 Å². The van der Waals surface area contributed by atoms with Crippen LogP contribution in [-0.2, 0) is 19.4 Å². The van der Waals surface area contributed by atoms with Crippen LogP contribution in [0.25, 0.3) is 0 Å². The first-order valence-electron chi connectivity index (χ1n) is 9.40. The average molecular weight is 356 g/mol. The Hall–Kier alpha value is -2.57. The van der Waals surface area contributed by atoms with E-state index in [4.69, 9.17) is 4.74 Å². The molecule has 1 aliphatic heterocycles. The summed E-state index contributed by atoms with van der Waals surface area (Å²) >= 11 is 0. The molecule has 0 saturated carbocycles. The average Bonchev–Trinajstić information content (AvgIpc) is 2.90. The molecule has 0 unspecified atom stereocenters. The van der Waals surface area contributed by atoms with Crippen LogP contribution < -0.4 is 15.4 Å². The van der Waals surface area contributed by atoms with Gasteiger partial charge in [0.05, 0.1) is 6.54 Å². The number of benzene rings is 1. The maximum atomic E-state index is 5.67. The number of nitrogens with zero attached hydrogens (tertiary/aromatic N) is 4. The molecule has 140 valence electrons. The summed E-state index contributed by atoms with van der Waals surface area (Å²) in [6.45, 7) is 3.09. The summed E-state index contributed by atoms with van der Waals surface area (Å²) in [6, 6.07) is 9.82. The number of rotatable bonds is 7. The Morgan fingerprint density at radius 2 is 1.96 bits per heavy atom. The lowest BCUT2D eigenvalue weighted by atomic mass is 10.2. The number of para-hydroxylation sites is 1. The van der Waals surface area contributed by atoms with E-state index in [0.29, 0.717) is 13.2 Å². The highest BCUT2D eigenvalue weighted by Crippen LogP contribution is 2.14. The van der Waals surface area contributed by atoms with Crippen LogP contribution in [0.1, 0.15) is 30.9 Å². The van der Waals surface area contributed by atoms with Gasteiger partial charge < -0.3 is 19.9 Å². The Labute approximate surface area is 154 Å². The van der Waals surface area contributed by atoms with E-state index in [0.717, 1.165) is 49.3 Å². The molecule has 0 saturated heterocycles. The third-order valence-electron chi connectivity index (χ3n) is 4.46. The second-order valence-electron chi connectivity index (χ2n) is 6.33. The number of hydrogen-bond acceptors (Lipinski definition) is 4. The molecule has 0 bridgehead atoms. The predicted octanol–water partition coefficient (Wildman–Crippen LogP) is 1.79. The first-order chi connectivity index (χ1) is 12.9. The molecule has 0 amide bonds. The molecule has 1 aromatic carbocycles.